The van der Waals surface area contributed by atoms with Gasteiger partial charge in [0.2, 0.25) is 0 Å². The molecule has 0 heterocycles. The van der Waals surface area contributed by atoms with Crippen molar-refractivity contribution in [3.05, 3.63) is 156 Å². The Morgan fingerprint density at radius 3 is 1.19 bits per heavy atom. The molecule has 266 valence electrons. The predicted molar refractivity (Wildman–Crippen MR) is 220 cm³/mol. The maximum Gasteiger partial charge on any atom is 0.0569 e. The van der Waals surface area contributed by atoms with Crippen molar-refractivity contribution in [2.45, 2.75) is 36.5 Å². The molecule has 8 aromatic carbocycles. The fourth-order valence-electron chi connectivity index (χ4n) is 10.3. The minimum absolute atomic E-state index is 0.0165. The quantitative estimate of drug-likeness (QED) is 0.107. The Bertz CT molecular complexity index is 2560. The van der Waals surface area contributed by atoms with Crippen LogP contribution in [0.1, 0.15) is 47.9 Å². The van der Waals surface area contributed by atoms with Gasteiger partial charge < -0.3 is 20.4 Å². The highest BCUT2D eigenvalue weighted by atomic mass is 16.3. The average Bonchev–Trinajstić information content (AvgIpc) is 3.67. The molecule has 0 saturated carbocycles. The third-order valence-electron chi connectivity index (χ3n) is 12.9. The topological polar surface area (TPSA) is 80.9 Å². The smallest absolute Gasteiger partial charge is 0.0569 e. The highest BCUT2D eigenvalue weighted by molar-refractivity contribution is 6.27. The SMILES string of the molecule is OCCCC1(CO)c2ccccc2-c2ccc(-c3ccc4ccc5ccc(-c6ccc7c(c6)C(CO)(CCCO)c6ccccc6-7)c6ccc3c4c56)cc21. The molecular weight excluding hydrogens is 665 g/mol. The van der Waals surface area contributed by atoms with Crippen molar-refractivity contribution in [1.29, 1.82) is 0 Å². The van der Waals surface area contributed by atoms with Gasteiger partial charge >= 0.3 is 0 Å². The van der Waals surface area contributed by atoms with Gasteiger partial charge in [-0.25, -0.2) is 0 Å². The summed E-state index contributed by atoms with van der Waals surface area (Å²) in [4.78, 5) is 0. The van der Waals surface area contributed by atoms with E-state index < -0.39 is 10.8 Å². The summed E-state index contributed by atoms with van der Waals surface area (Å²) in [5, 5.41) is 49.1. The van der Waals surface area contributed by atoms with Gasteiger partial charge in [0.25, 0.3) is 0 Å². The first-order valence-electron chi connectivity index (χ1n) is 19.2. The van der Waals surface area contributed by atoms with Gasteiger partial charge in [0.1, 0.15) is 0 Å². The van der Waals surface area contributed by atoms with Crippen molar-refractivity contribution in [2.24, 2.45) is 0 Å². The molecular formula is C50H42O4. The molecule has 0 spiro atoms. The van der Waals surface area contributed by atoms with Gasteiger partial charge in [-0.2, -0.15) is 0 Å². The average molecular weight is 707 g/mol. The summed E-state index contributed by atoms with van der Waals surface area (Å²) in [6, 6.07) is 48.2. The van der Waals surface area contributed by atoms with E-state index in [1.54, 1.807) is 0 Å². The summed E-state index contributed by atoms with van der Waals surface area (Å²) in [6.45, 7) is 0.136. The number of rotatable bonds is 10. The van der Waals surface area contributed by atoms with Crippen LogP contribution in [-0.4, -0.2) is 46.9 Å². The van der Waals surface area contributed by atoms with Crippen LogP contribution in [0.5, 0.6) is 0 Å². The van der Waals surface area contributed by atoms with Gasteiger partial charge in [-0.3, -0.25) is 0 Å². The monoisotopic (exact) mass is 706 g/mol. The van der Waals surface area contributed by atoms with Gasteiger partial charge in [0, 0.05) is 24.0 Å². The lowest BCUT2D eigenvalue weighted by atomic mass is 9.74. The zero-order valence-electron chi connectivity index (χ0n) is 30.1. The first-order chi connectivity index (χ1) is 26.6. The Balaban J connectivity index is 1.15. The second-order valence-corrected chi connectivity index (χ2v) is 15.4. The molecule has 2 unspecified atom stereocenters. The molecule has 4 N–H and O–H groups in total. The number of hydrogen-bond acceptors (Lipinski definition) is 4. The van der Waals surface area contributed by atoms with Crippen LogP contribution < -0.4 is 0 Å². The van der Waals surface area contributed by atoms with Crippen molar-refractivity contribution in [2.75, 3.05) is 26.4 Å². The van der Waals surface area contributed by atoms with E-state index in [1.807, 2.05) is 12.1 Å². The maximum atomic E-state index is 11.0. The first kappa shape index (κ1) is 33.2. The fourth-order valence-corrected chi connectivity index (χ4v) is 10.3. The van der Waals surface area contributed by atoms with Crippen LogP contribution in [0.2, 0.25) is 0 Å². The van der Waals surface area contributed by atoms with Gasteiger partial charge in [-0.1, -0.05) is 121 Å². The molecule has 2 aliphatic rings. The zero-order valence-corrected chi connectivity index (χ0v) is 30.1. The van der Waals surface area contributed by atoms with Crippen molar-refractivity contribution < 1.29 is 20.4 Å². The van der Waals surface area contributed by atoms with Crippen LogP contribution in [0, 0.1) is 0 Å². The normalized spacial score (nSPS) is 18.4. The molecule has 0 aromatic heterocycles. The van der Waals surface area contributed by atoms with Crippen LogP contribution in [-0.2, 0) is 10.8 Å². The lowest BCUT2D eigenvalue weighted by Crippen LogP contribution is -2.30. The number of aliphatic hydroxyl groups excluding tert-OH is 4. The third-order valence-corrected chi connectivity index (χ3v) is 12.9. The van der Waals surface area contributed by atoms with Crippen LogP contribution in [0.4, 0.5) is 0 Å². The largest absolute Gasteiger partial charge is 0.396 e. The molecule has 0 fully saturated rings. The van der Waals surface area contributed by atoms with E-state index in [9.17, 15) is 20.4 Å². The summed E-state index contributed by atoms with van der Waals surface area (Å²) < 4.78 is 0. The van der Waals surface area contributed by atoms with E-state index in [0.29, 0.717) is 25.7 Å². The lowest BCUT2D eigenvalue weighted by Gasteiger charge is -2.30. The molecule has 10 rings (SSSR count). The van der Waals surface area contributed by atoms with E-state index in [0.717, 1.165) is 66.8 Å². The zero-order chi connectivity index (χ0) is 36.6. The Labute approximate surface area is 314 Å². The molecule has 2 atom stereocenters. The van der Waals surface area contributed by atoms with E-state index in [1.165, 1.54) is 32.3 Å². The summed E-state index contributed by atoms with van der Waals surface area (Å²) in [7, 11) is 0. The molecule has 4 heteroatoms. The number of hydrogen-bond donors (Lipinski definition) is 4. The Kier molecular flexibility index (Phi) is 7.76. The van der Waals surface area contributed by atoms with Gasteiger partial charge in [-0.05, 0) is 137 Å². The van der Waals surface area contributed by atoms with Crippen molar-refractivity contribution in [1.82, 2.24) is 0 Å². The fraction of sp³-hybridized carbons (Fsp3) is 0.200. The second kappa shape index (κ2) is 12.6. The standard InChI is InChI=1S/C50H42O4/c51-25-5-23-49(29-53)43-9-3-1-7-37(43)39-19-15-33(27-45(39)49)35-17-13-31-11-12-32-14-18-36(42-22-21-41(35)47(31)48(32)42)34-16-20-40-38-8-2-4-10-44(38)50(30-54,24-6-26-52)46(40)28-34/h1-4,7-22,27-28,51-54H,5-6,23-26,29-30H2. The van der Waals surface area contributed by atoms with Crippen LogP contribution >= 0.6 is 0 Å². The van der Waals surface area contributed by atoms with Crippen LogP contribution in [0.3, 0.4) is 0 Å². The number of benzene rings is 8. The van der Waals surface area contributed by atoms with E-state index in [-0.39, 0.29) is 26.4 Å². The van der Waals surface area contributed by atoms with E-state index >= 15 is 0 Å². The summed E-state index contributed by atoms with van der Waals surface area (Å²) in [5.74, 6) is 0. The van der Waals surface area contributed by atoms with Crippen molar-refractivity contribution >= 4 is 32.3 Å². The van der Waals surface area contributed by atoms with Gasteiger partial charge in [0.05, 0.1) is 13.2 Å². The molecule has 0 aliphatic heterocycles. The number of fused-ring (bicyclic) bond motifs is 6. The van der Waals surface area contributed by atoms with Gasteiger partial charge in [-0.15, -0.1) is 0 Å². The molecule has 0 saturated heterocycles. The molecule has 0 amide bonds. The highest BCUT2D eigenvalue weighted by Gasteiger charge is 2.43. The molecule has 0 bridgehead atoms. The third kappa shape index (κ3) is 4.52. The Morgan fingerprint density at radius 1 is 0.370 bits per heavy atom. The molecule has 4 nitrogen and oxygen atoms in total. The lowest BCUT2D eigenvalue weighted by molar-refractivity contribution is 0.197. The van der Waals surface area contributed by atoms with Crippen LogP contribution in [0.25, 0.3) is 76.8 Å². The maximum absolute atomic E-state index is 11.0. The summed E-state index contributed by atoms with van der Waals surface area (Å²) in [5.41, 5.74) is 12.6. The summed E-state index contributed by atoms with van der Waals surface area (Å²) >= 11 is 0. The van der Waals surface area contributed by atoms with E-state index in [4.69, 9.17) is 0 Å². The molecule has 2 aliphatic carbocycles. The highest BCUT2D eigenvalue weighted by Crippen LogP contribution is 2.54. The predicted octanol–water partition coefficient (Wildman–Crippen LogP) is 9.98. The number of aliphatic hydroxyl groups is 4. The van der Waals surface area contributed by atoms with Crippen molar-refractivity contribution in [3.63, 3.8) is 0 Å². The van der Waals surface area contributed by atoms with Gasteiger partial charge in [0.15, 0.2) is 0 Å². The Morgan fingerprint density at radius 2 is 0.759 bits per heavy atom. The summed E-state index contributed by atoms with van der Waals surface area (Å²) in [6.07, 6.45) is 2.57. The molecule has 0 radical (unpaired) electrons. The minimum atomic E-state index is -0.563. The molecule has 8 aromatic rings. The Hall–Kier alpha value is -5.36. The second-order valence-electron chi connectivity index (χ2n) is 15.4. The first-order valence-corrected chi connectivity index (χ1v) is 19.2. The molecule has 54 heavy (non-hydrogen) atoms. The van der Waals surface area contributed by atoms with E-state index in [2.05, 4.69) is 121 Å². The minimum Gasteiger partial charge on any atom is -0.396 e. The van der Waals surface area contributed by atoms with Crippen molar-refractivity contribution in [3.8, 4) is 44.5 Å². The van der Waals surface area contributed by atoms with Crippen LogP contribution in [0.15, 0.2) is 133 Å².